The van der Waals surface area contributed by atoms with E-state index in [2.05, 4.69) is 10.4 Å². The molecule has 0 fully saturated rings. The minimum atomic E-state index is -0.363. The summed E-state index contributed by atoms with van der Waals surface area (Å²) in [4.78, 5) is 11.4. The Morgan fingerprint density at radius 1 is 1.67 bits per heavy atom. The van der Waals surface area contributed by atoms with Gasteiger partial charge < -0.3 is 10.1 Å². The molecule has 0 amide bonds. The van der Waals surface area contributed by atoms with Crippen molar-refractivity contribution in [1.29, 1.82) is 0 Å². The molecule has 0 bridgehead atoms. The number of esters is 1. The molecule has 0 aliphatic rings. The molecule has 15 heavy (non-hydrogen) atoms. The fraction of sp³-hybridized carbons (Fsp3) is 0.556. The van der Waals surface area contributed by atoms with E-state index in [0.29, 0.717) is 18.8 Å². The molecule has 1 aromatic rings. The third-order valence-electron chi connectivity index (χ3n) is 1.74. The third-order valence-corrected chi connectivity index (χ3v) is 1.74. The molecule has 86 valence electrons. The molecule has 0 aliphatic heterocycles. The van der Waals surface area contributed by atoms with Crippen LogP contribution in [-0.4, -0.2) is 29.4 Å². The first-order chi connectivity index (χ1) is 6.69. The fourth-order valence-electron chi connectivity index (χ4n) is 1.23. The summed E-state index contributed by atoms with van der Waals surface area (Å²) in [5.74, 6) is -0.363. The van der Waals surface area contributed by atoms with Gasteiger partial charge in [0, 0.05) is 25.4 Å². The predicted molar refractivity (Wildman–Crippen MR) is 59.2 cm³/mol. The summed E-state index contributed by atoms with van der Waals surface area (Å²) in [6, 6.07) is 0. The van der Waals surface area contributed by atoms with Gasteiger partial charge >= 0.3 is 5.97 Å². The van der Waals surface area contributed by atoms with Crippen LogP contribution in [-0.2, 0) is 18.3 Å². The van der Waals surface area contributed by atoms with Crippen LogP contribution in [0, 0.1) is 0 Å². The summed E-state index contributed by atoms with van der Waals surface area (Å²) in [5.41, 5.74) is 1.25. The monoisotopic (exact) mass is 233 g/mol. The lowest BCUT2D eigenvalue weighted by molar-refractivity contribution is 0.0517. The van der Waals surface area contributed by atoms with E-state index in [0.717, 1.165) is 5.56 Å². The van der Waals surface area contributed by atoms with Gasteiger partial charge in [-0.05, 0) is 14.0 Å². The van der Waals surface area contributed by atoms with Crippen LogP contribution in [0.25, 0.3) is 0 Å². The van der Waals surface area contributed by atoms with Crippen molar-refractivity contribution in [3.05, 3.63) is 17.5 Å². The molecule has 0 aromatic carbocycles. The summed E-state index contributed by atoms with van der Waals surface area (Å²) in [7, 11) is 3.60. The molecule has 5 nitrogen and oxygen atoms in total. The molecule has 1 rings (SSSR count). The van der Waals surface area contributed by atoms with Crippen LogP contribution < -0.4 is 5.32 Å². The molecule has 1 heterocycles. The van der Waals surface area contributed by atoms with Crippen LogP contribution in [0.4, 0.5) is 0 Å². The largest absolute Gasteiger partial charge is 0.461 e. The van der Waals surface area contributed by atoms with Crippen molar-refractivity contribution in [3.8, 4) is 0 Å². The first-order valence-electron chi connectivity index (χ1n) is 4.53. The van der Waals surface area contributed by atoms with Gasteiger partial charge in [-0.15, -0.1) is 12.4 Å². The lowest BCUT2D eigenvalue weighted by atomic mass is 10.2. The van der Waals surface area contributed by atoms with Crippen LogP contribution in [0.5, 0.6) is 0 Å². The number of aryl methyl sites for hydroxylation is 1. The van der Waals surface area contributed by atoms with Crippen molar-refractivity contribution in [2.45, 2.75) is 13.5 Å². The van der Waals surface area contributed by atoms with E-state index >= 15 is 0 Å². The second-order valence-corrected chi connectivity index (χ2v) is 2.93. The third kappa shape index (κ3) is 3.53. The normalized spacial score (nSPS) is 9.53. The molecule has 6 heteroatoms. The van der Waals surface area contributed by atoms with E-state index in [1.807, 2.05) is 13.2 Å². The zero-order valence-electron chi connectivity index (χ0n) is 9.11. The molecule has 0 saturated carbocycles. The van der Waals surface area contributed by atoms with E-state index in [-0.39, 0.29) is 18.4 Å². The van der Waals surface area contributed by atoms with Crippen molar-refractivity contribution < 1.29 is 9.53 Å². The highest BCUT2D eigenvalue weighted by atomic mass is 35.5. The number of ether oxygens (including phenoxy) is 1. The smallest absolute Gasteiger partial charge is 0.359 e. The van der Waals surface area contributed by atoms with E-state index in [1.54, 1.807) is 18.7 Å². The van der Waals surface area contributed by atoms with E-state index in [1.165, 1.54) is 0 Å². The summed E-state index contributed by atoms with van der Waals surface area (Å²) in [6.07, 6.45) is 1.81. The van der Waals surface area contributed by atoms with Crippen LogP contribution in [0.1, 0.15) is 23.0 Å². The summed E-state index contributed by atoms with van der Waals surface area (Å²) in [5, 5.41) is 7.02. The number of carbonyl (C=O) groups is 1. The highest BCUT2D eigenvalue weighted by Gasteiger charge is 2.15. The SMILES string of the molecule is CCOC(=O)c1nn(C)cc1CNC.Cl. The number of hydrogen-bond acceptors (Lipinski definition) is 4. The Balaban J connectivity index is 0.00000196. The van der Waals surface area contributed by atoms with Crippen LogP contribution in [0.3, 0.4) is 0 Å². The predicted octanol–water partition coefficient (Wildman–Crippen LogP) is 0.738. The number of rotatable bonds is 4. The topological polar surface area (TPSA) is 56.1 Å². The number of carbonyl (C=O) groups excluding carboxylic acids is 1. The standard InChI is InChI=1S/C9H15N3O2.ClH/c1-4-14-9(13)8-7(5-10-2)6-12(3)11-8;/h6,10H,4-5H2,1-3H3;1H. The van der Waals surface area contributed by atoms with Gasteiger partial charge in [0.1, 0.15) is 0 Å². The Morgan fingerprint density at radius 3 is 2.87 bits per heavy atom. The van der Waals surface area contributed by atoms with Gasteiger partial charge in [-0.1, -0.05) is 0 Å². The highest BCUT2D eigenvalue weighted by Crippen LogP contribution is 2.07. The second-order valence-electron chi connectivity index (χ2n) is 2.93. The Labute approximate surface area is 95.2 Å². The second kappa shape index (κ2) is 6.42. The van der Waals surface area contributed by atoms with Crippen LogP contribution in [0.15, 0.2) is 6.20 Å². The van der Waals surface area contributed by atoms with E-state index in [4.69, 9.17) is 4.74 Å². The molecular formula is C9H16ClN3O2. The average Bonchev–Trinajstić information content (AvgIpc) is 2.48. The zero-order chi connectivity index (χ0) is 10.6. The van der Waals surface area contributed by atoms with Crippen molar-refractivity contribution in [2.24, 2.45) is 7.05 Å². The maximum atomic E-state index is 11.4. The maximum absolute atomic E-state index is 11.4. The van der Waals surface area contributed by atoms with E-state index < -0.39 is 0 Å². The highest BCUT2D eigenvalue weighted by molar-refractivity contribution is 5.88. The van der Waals surface area contributed by atoms with Crippen molar-refractivity contribution >= 4 is 18.4 Å². The minimum absolute atomic E-state index is 0. The number of aromatic nitrogens is 2. The van der Waals surface area contributed by atoms with Crippen LogP contribution >= 0.6 is 12.4 Å². The molecule has 1 N–H and O–H groups in total. The molecule has 0 atom stereocenters. The Bertz CT molecular complexity index is 325. The van der Waals surface area contributed by atoms with Gasteiger partial charge in [-0.3, -0.25) is 4.68 Å². The van der Waals surface area contributed by atoms with Gasteiger partial charge in [0.15, 0.2) is 5.69 Å². The first kappa shape index (κ1) is 13.9. The lowest BCUT2D eigenvalue weighted by Gasteiger charge is -2.00. The molecule has 0 aliphatic carbocycles. The van der Waals surface area contributed by atoms with Crippen molar-refractivity contribution in [2.75, 3.05) is 13.7 Å². The summed E-state index contributed by atoms with van der Waals surface area (Å²) in [6.45, 7) is 2.76. The maximum Gasteiger partial charge on any atom is 0.359 e. The first-order valence-corrected chi connectivity index (χ1v) is 4.53. The molecule has 0 saturated heterocycles. The molecule has 0 spiro atoms. The molecule has 1 aromatic heterocycles. The summed E-state index contributed by atoms with van der Waals surface area (Å²) < 4.78 is 6.50. The molecule has 0 unspecified atom stereocenters. The number of hydrogen-bond donors (Lipinski definition) is 1. The van der Waals surface area contributed by atoms with Crippen LogP contribution in [0.2, 0.25) is 0 Å². The van der Waals surface area contributed by atoms with Gasteiger partial charge in [0.2, 0.25) is 0 Å². The quantitative estimate of drug-likeness (QED) is 0.780. The Morgan fingerprint density at radius 2 is 2.33 bits per heavy atom. The van der Waals surface area contributed by atoms with Crippen molar-refractivity contribution in [3.63, 3.8) is 0 Å². The summed E-state index contributed by atoms with van der Waals surface area (Å²) >= 11 is 0. The molecule has 0 radical (unpaired) electrons. The number of nitrogens with one attached hydrogen (secondary N) is 1. The van der Waals surface area contributed by atoms with Gasteiger partial charge in [0.25, 0.3) is 0 Å². The Kier molecular flexibility index (Phi) is 5.96. The fourth-order valence-corrected chi connectivity index (χ4v) is 1.23. The minimum Gasteiger partial charge on any atom is -0.461 e. The van der Waals surface area contributed by atoms with Gasteiger partial charge in [-0.25, -0.2) is 4.79 Å². The Hall–Kier alpha value is -1.07. The lowest BCUT2D eigenvalue weighted by Crippen LogP contribution is -2.12. The number of nitrogens with zero attached hydrogens (tertiary/aromatic N) is 2. The average molecular weight is 234 g/mol. The number of halogens is 1. The van der Waals surface area contributed by atoms with Gasteiger partial charge in [-0.2, -0.15) is 5.10 Å². The molecular weight excluding hydrogens is 218 g/mol. The van der Waals surface area contributed by atoms with Crippen molar-refractivity contribution in [1.82, 2.24) is 15.1 Å². The van der Waals surface area contributed by atoms with Gasteiger partial charge in [0.05, 0.1) is 6.61 Å². The van der Waals surface area contributed by atoms with E-state index in [9.17, 15) is 4.79 Å². The zero-order valence-corrected chi connectivity index (χ0v) is 9.93.